The van der Waals surface area contributed by atoms with E-state index in [1.54, 1.807) is 6.07 Å². The van der Waals surface area contributed by atoms with Crippen LogP contribution in [0.15, 0.2) is 18.2 Å². The summed E-state index contributed by atoms with van der Waals surface area (Å²) in [5, 5.41) is 12.2. The summed E-state index contributed by atoms with van der Waals surface area (Å²) in [4.78, 5) is 16.2. The summed E-state index contributed by atoms with van der Waals surface area (Å²) in [6, 6.07) is 5.50. The largest absolute Gasteiger partial charge is 0.396 e. The Balaban J connectivity index is 2.01. The van der Waals surface area contributed by atoms with Gasteiger partial charge in [-0.05, 0) is 31.9 Å². The zero-order chi connectivity index (χ0) is 12.3. The third kappa shape index (κ3) is 2.82. The van der Waals surface area contributed by atoms with Crippen LogP contribution in [0.5, 0.6) is 0 Å². The summed E-state index contributed by atoms with van der Waals surface area (Å²) in [6.07, 6.45) is 3.00. The van der Waals surface area contributed by atoms with E-state index in [2.05, 4.69) is 10.3 Å². The molecule has 4 nitrogen and oxygen atoms in total. The van der Waals surface area contributed by atoms with Gasteiger partial charge in [-0.25, -0.2) is 4.98 Å². The summed E-state index contributed by atoms with van der Waals surface area (Å²) in [5.41, 5.74) is 1.29. The van der Waals surface area contributed by atoms with E-state index in [1.807, 2.05) is 19.1 Å². The summed E-state index contributed by atoms with van der Waals surface area (Å²) in [6.45, 7) is 2.01. The van der Waals surface area contributed by atoms with E-state index in [1.165, 1.54) is 0 Å². The van der Waals surface area contributed by atoms with E-state index in [4.69, 9.17) is 0 Å². The van der Waals surface area contributed by atoms with Crippen molar-refractivity contribution in [2.24, 2.45) is 5.92 Å². The maximum Gasteiger partial charge on any atom is 0.270 e. The van der Waals surface area contributed by atoms with Gasteiger partial charge in [0.15, 0.2) is 0 Å². The molecular formula is C13H18N2O2. The molecule has 1 aliphatic rings. The molecule has 1 aromatic rings. The maximum absolute atomic E-state index is 12.0. The lowest BCUT2D eigenvalue weighted by Gasteiger charge is -2.18. The highest BCUT2D eigenvalue weighted by molar-refractivity contribution is 5.92. The quantitative estimate of drug-likeness (QED) is 0.828. The number of aliphatic hydroxyl groups excluding tert-OH is 1. The van der Waals surface area contributed by atoms with Crippen LogP contribution in [0.25, 0.3) is 0 Å². The summed E-state index contributed by atoms with van der Waals surface area (Å²) >= 11 is 0. The monoisotopic (exact) mass is 234 g/mol. The van der Waals surface area contributed by atoms with Crippen LogP contribution in [0.2, 0.25) is 0 Å². The Morgan fingerprint density at radius 3 is 3.06 bits per heavy atom. The van der Waals surface area contributed by atoms with E-state index in [9.17, 15) is 9.90 Å². The molecule has 92 valence electrons. The Morgan fingerprint density at radius 2 is 2.35 bits per heavy atom. The highest BCUT2D eigenvalue weighted by atomic mass is 16.3. The van der Waals surface area contributed by atoms with Crippen LogP contribution in [0.4, 0.5) is 0 Å². The average molecular weight is 234 g/mol. The molecule has 2 N–H and O–H groups in total. The average Bonchev–Trinajstić information content (AvgIpc) is 2.76. The summed E-state index contributed by atoms with van der Waals surface area (Å²) in [7, 11) is 0. The van der Waals surface area contributed by atoms with Gasteiger partial charge >= 0.3 is 0 Å². The van der Waals surface area contributed by atoms with Crippen molar-refractivity contribution >= 4 is 5.91 Å². The number of pyridine rings is 1. The number of amides is 1. The van der Waals surface area contributed by atoms with Gasteiger partial charge in [-0.2, -0.15) is 0 Å². The van der Waals surface area contributed by atoms with Crippen LogP contribution in [-0.4, -0.2) is 28.6 Å². The van der Waals surface area contributed by atoms with Crippen molar-refractivity contribution in [3.05, 3.63) is 29.6 Å². The van der Waals surface area contributed by atoms with Gasteiger partial charge in [0.2, 0.25) is 0 Å². The minimum absolute atomic E-state index is 0.0924. The fourth-order valence-electron chi connectivity index (χ4n) is 2.36. The highest BCUT2D eigenvalue weighted by Crippen LogP contribution is 2.25. The molecule has 1 saturated carbocycles. The normalized spacial score (nSPS) is 23.6. The fraction of sp³-hybridized carbons (Fsp3) is 0.538. The molecule has 0 aromatic carbocycles. The molecule has 2 rings (SSSR count). The van der Waals surface area contributed by atoms with E-state index in [0.717, 1.165) is 25.0 Å². The molecule has 1 fully saturated rings. The fourth-order valence-corrected chi connectivity index (χ4v) is 2.36. The first-order valence-electron chi connectivity index (χ1n) is 6.06. The molecule has 2 unspecified atom stereocenters. The minimum atomic E-state index is -0.140. The van der Waals surface area contributed by atoms with Crippen LogP contribution < -0.4 is 5.32 Å². The van der Waals surface area contributed by atoms with Crippen molar-refractivity contribution in [3.8, 4) is 0 Å². The summed E-state index contributed by atoms with van der Waals surface area (Å²) < 4.78 is 0. The predicted molar refractivity (Wildman–Crippen MR) is 64.7 cm³/mol. The van der Waals surface area contributed by atoms with E-state index >= 15 is 0 Å². The van der Waals surface area contributed by atoms with Gasteiger partial charge in [-0.15, -0.1) is 0 Å². The number of aryl methyl sites for hydroxylation is 1. The second-order valence-corrected chi connectivity index (χ2v) is 4.62. The molecule has 0 spiro atoms. The Bertz CT molecular complexity index is 406. The molecular weight excluding hydrogens is 216 g/mol. The predicted octanol–water partition coefficient (Wildman–Crippen LogP) is 1.28. The number of nitrogens with one attached hydrogen (secondary N) is 1. The molecule has 17 heavy (non-hydrogen) atoms. The maximum atomic E-state index is 12.0. The topological polar surface area (TPSA) is 62.2 Å². The van der Waals surface area contributed by atoms with E-state index < -0.39 is 0 Å². The van der Waals surface area contributed by atoms with Gasteiger partial charge in [0.25, 0.3) is 5.91 Å². The van der Waals surface area contributed by atoms with E-state index in [0.29, 0.717) is 5.69 Å². The third-order valence-electron chi connectivity index (χ3n) is 3.33. The van der Waals surface area contributed by atoms with Gasteiger partial charge in [0.1, 0.15) is 5.69 Å². The number of hydrogen-bond acceptors (Lipinski definition) is 3. The number of carbonyl (C=O) groups is 1. The lowest BCUT2D eigenvalue weighted by molar-refractivity contribution is 0.0911. The van der Waals surface area contributed by atoms with Crippen LogP contribution in [-0.2, 0) is 0 Å². The molecule has 0 aliphatic heterocycles. The molecule has 0 radical (unpaired) electrons. The van der Waals surface area contributed by atoms with Crippen molar-refractivity contribution in [1.82, 2.24) is 10.3 Å². The number of aromatic nitrogens is 1. The summed E-state index contributed by atoms with van der Waals surface area (Å²) in [5.74, 6) is 0.0582. The van der Waals surface area contributed by atoms with Crippen molar-refractivity contribution in [1.29, 1.82) is 0 Å². The van der Waals surface area contributed by atoms with Crippen molar-refractivity contribution < 1.29 is 9.90 Å². The first kappa shape index (κ1) is 12.0. The van der Waals surface area contributed by atoms with Crippen molar-refractivity contribution in [3.63, 3.8) is 0 Å². The van der Waals surface area contributed by atoms with Gasteiger partial charge < -0.3 is 10.4 Å². The van der Waals surface area contributed by atoms with Gasteiger partial charge in [-0.1, -0.05) is 12.5 Å². The number of rotatable bonds is 3. The SMILES string of the molecule is Cc1cccc(C(=O)NC2CCCC2CO)n1. The number of hydrogen-bond donors (Lipinski definition) is 2. The number of nitrogens with zero attached hydrogens (tertiary/aromatic N) is 1. The van der Waals surface area contributed by atoms with Crippen molar-refractivity contribution in [2.75, 3.05) is 6.61 Å². The van der Waals surface area contributed by atoms with Gasteiger partial charge in [0, 0.05) is 24.3 Å². The molecule has 1 aliphatic carbocycles. The number of carbonyl (C=O) groups excluding carboxylic acids is 1. The van der Waals surface area contributed by atoms with Gasteiger partial charge in [0.05, 0.1) is 0 Å². The standard InChI is InChI=1S/C13H18N2O2/c1-9-4-2-7-12(14-9)13(17)15-11-6-3-5-10(11)8-16/h2,4,7,10-11,16H,3,5-6,8H2,1H3,(H,15,17). The van der Waals surface area contributed by atoms with Crippen molar-refractivity contribution in [2.45, 2.75) is 32.2 Å². The minimum Gasteiger partial charge on any atom is -0.396 e. The Kier molecular flexibility index (Phi) is 3.74. The number of aliphatic hydroxyl groups is 1. The van der Waals surface area contributed by atoms with Gasteiger partial charge in [-0.3, -0.25) is 4.79 Å². The Hall–Kier alpha value is -1.42. The molecule has 0 bridgehead atoms. The molecule has 1 aromatic heterocycles. The van der Waals surface area contributed by atoms with E-state index in [-0.39, 0.29) is 24.5 Å². The lowest BCUT2D eigenvalue weighted by atomic mass is 10.1. The first-order valence-corrected chi connectivity index (χ1v) is 6.06. The van der Waals surface area contributed by atoms with Crippen LogP contribution in [0.3, 0.4) is 0 Å². The third-order valence-corrected chi connectivity index (χ3v) is 3.33. The zero-order valence-electron chi connectivity index (χ0n) is 10.0. The molecule has 2 atom stereocenters. The molecule has 1 heterocycles. The second-order valence-electron chi connectivity index (χ2n) is 4.62. The molecule has 4 heteroatoms. The van der Waals surface area contributed by atoms with Crippen LogP contribution in [0.1, 0.15) is 35.4 Å². The first-order chi connectivity index (χ1) is 8.20. The molecule has 1 amide bonds. The smallest absolute Gasteiger partial charge is 0.270 e. The van der Waals surface area contributed by atoms with Crippen LogP contribution in [0, 0.1) is 12.8 Å². The molecule has 0 saturated heterocycles. The van der Waals surface area contributed by atoms with Crippen LogP contribution >= 0.6 is 0 Å². The highest BCUT2D eigenvalue weighted by Gasteiger charge is 2.28. The second kappa shape index (κ2) is 5.27. The Labute approximate surface area is 101 Å². The Morgan fingerprint density at radius 1 is 1.53 bits per heavy atom. The zero-order valence-corrected chi connectivity index (χ0v) is 10.0. The lowest BCUT2D eigenvalue weighted by Crippen LogP contribution is -2.38.